The van der Waals surface area contributed by atoms with Crippen molar-refractivity contribution in [2.45, 2.75) is 18.0 Å². The summed E-state index contributed by atoms with van der Waals surface area (Å²) < 4.78 is 49.1. The molecule has 1 aromatic heterocycles. The van der Waals surface area contributed by atoms with E-state index in [1.807, 2.05) is 0 Å². The predicted molar refractivity (Wildman–Crippen MR) is 96.7 cm³/mol. The topological polar surface area (TPSA) is 65.2 Å². The van der Waals surface area contributed by atoms with Crippen molar-refractivity contribution in [3.63, 3.8) is 0 Å². The van der Waals surface area contributed by atoms with Gasteiger partial charge in [-0.15, -0.1) is 10.2 Å². The molecular weight excluding hydrogens is 417 g/mol. The molecule has 0 N–H and O–H groups in total. The highest BCUT2D eigenvalue weighted by atomic mass is 35.5. The van der Waals surface area contributed by atoms with Crippen molar-refractivity contribution in [1.29, 1.82) is 0 Å². The van der Waals surface area contributed by atoms with E-state index in [0.717, 1.165) is 17.8 Å². The number of nitrogens with zero attached hydrogens (tertiary/aromatic N) is 2. The number of halogens is 4. The Balaban J connectivity index is 1.54. The van der Waals surface area contributed by atoms with E-state index in [-0.39, 0.29) is 22.4 Å². The maximum absolute atomic E-state index is 12.9. The maximum Gasteiger partial charge on any atom is 0.416 e. The summed E-state index contributed by atoms with van der Waals surface area (Å²) >= 11 is 6.74. The van der Waals surface area contributed by atoms with Crippen LogP contribution in [0, 0.1) is 0 Å². The first-order chi connectivity index (χ1) is 13.3. The van der Waals surface area contributed by atoms with Crippen LogP contribution in [0.15, 0.2) is 58.2 Å². The summed E-state index contributed by atoms with van der Waals surface area (Å²) in [6.07, 6.45) is -4.51. The van der Waals surface area contributed by atoms with Crippen molar-refractivity contribution in [3.05, 3.63) is 64.7 Å². The number of alkyl halides is 3. The highest BCUT2D eigenvalue weighted by Gasteiger charge is 2.33. The Kier molecular flexibility index (Phi) is 6.25. The van der Waals surface area contributed by atoms with Gasteiger partial charge in [-0.3, -0.25) is 4.79 Å². The molecule has 28 heavy (non-hydrogen) atoms. The highest BCUT2D eigenvalue weighted by Crippen LogP contribution is 2.32. The molecule has 0 spiro atoms. The second kappa shape index (κ2) is 8.66. The van der Waals surface area contributed by atoms with E-state index in [2.05, 4.69) is 10.2 Å². The summed E-state index contributed by atoms with van der Waals surface area (Å²) in [5.74, 6) is -0.629. The van der Waals surface area contributed by atoms with Crippen LogP contribution in [-0.4, -0.2) is 21.9 Å². The number of carbonyl (C=O) groups is 1. The summed E-state index contributed by atoms with van der Waals surface area (Å²) in [6, 6.07) is 11.7. The van der Waals surface area contributed by atoms with Crippen LogP contribution in [0.1, 0.15) is 11.1 Å². The van der Waals surface area contributed by atoms with Gasteiger partial charge in [-0.25, -0.2) is 0 Å². The minimum Gasteiger partial charge on any atom is -0.460 e. The number of aromatic nitrogens is 2. The van der Waals surface area contributed by atoms with Crippen LogP contribution in [-0.2, 0) is 22.3 Å². The summed E-state index contributed by atoms with van der Waals surface area (Å²) in [7, 11) is 0. The molecule has 0 bridgehead atoms. The fourth-order valence-electron chi connectivity index (χ4n) is 2.22. The van der Waals surface area contributed by atoms with Gasteiger partial charge < -0.3 is 9.15 Å². The zero-order valence-corrected chi connectivity index (χ0v) is 15.6. The zero-order chi connectivity index (χ0) is 20.1. The van der Waals surface area contributed by atoms with Gasteiger partial charge in [-0.05, 0) is 30.3 Å². The van der Waals surface area contributed by atoms with E-state index in [1.54, 1.807) is 24.3 Å². The third kappa shape index (κ3) is 5.26. The standard InChI is InChI=1S/C18H12ClF3N2O3S/c19-13-7-5-11(6-8-13)16-23-24-17(27-16)28-10-15(25)26-9-12-3-1-2-4-14(12)18(20,21)22/h1-8H,9-10H2. The first-order valence-corrected chi connectivity index (χ1v) is 9.22. The largest absolute Gasteiger partial charge is 0.460 e. The lowest BCUT2D eigenvalue weighted by atomic mass is 10.1. The molecule has 0 saturated carbocycles. The van der Waals surface area contributed by atoms with Crippen molar-refractivity contribution in [1.82, 2.24) is 10.2 Å². The van der Waals surface area contributed by atoms with Crippen molar-refractivity contribution >= 4 is 29.3 Å². The van der Waals surface area contributed by atoms with Crippen molar-refractivity contribution < 1.29 is 27.1 Å². The number of hydrogen-bond acceptors (Lipinski definition) is 6. The van der Waals surface area contributed by atoms with E-state index in [4.69, 9.17) is 20.8 Å². The lowest BCUT2D eigenvalue weighted by Gasteiger charge is -2.12. The summed E-state index contributed by atoms with van der Waals surface area (Å²) in [5.41, 5.74) is -0.286. The monoisotopic (exact) mass is 428 g/mol. The van der Waals surface area contributed by atoms with Crippen molar-refractivity contribution in [2.24, 2.45) is 0 Å². The summed E-state index contributed by atoms with van der Waals surface area (Å²) in [6.45, 7) is -0.477. The van der Waals surface area contributed by atoms with E-state index in [0.29, 0.717) is 10.6 Å². The molecule has 3 rings (SSSR count). The molecule has 0 aliphatic carbocycles. The fraction of sp³-hybridized carbons (Fsp3) is 0.167. The van der Waals surface area contributed by atoms with Crippen LogP contribution in [0.4, 0.5) is 13.2 Å². The molecule has 10 heteroatoms. The van der Waals surface area contributed by atoms with Gasteiger partial charge in [0.2, 0.25) is 5.89 Å². The lowest BCUT2D eigenvalue weighted by Crippen LogP contribution is -2.12. The van der Waals surface area contributed by atoms with Crippen LogP contribution >= 0.6 is 23.4 Å². The average molecular weight is 429 g/mol. The second-order valence-electron chi connectivity index (χ2n) is 5.48. The second-order valence-corrected chi connectivity index (χ2v) is 6.85. The van der Waals surface area contributed by atoms with Crippen molar-refractivity contribution in [2.75, 3.05) is 5.75 Å². The Morgan fingerprint density at radius 3 is 2.54 bits per heavy atom. The Bertz CT molecular complexity index is 961. The Morgan fingerprint density at radius 1 is 1.11 bits per heavy atom. The number of ether oxygens (including phenoxy) is 1. The van der Waals surface area contributed by atoms with Gasteiger partial charge in [0.05, 0.1) is 5.56 Å². The normalized spacial score (nSPS) is 11.4. The molecule has 0 fully saturated rings. The van der Waals surface area contributed by atoms with Gasteiger partial charge in [0.15, 0.2) is 0 Å². The molecule has 3 aromatic rings. The van der Waals surface area contributed by atoms with E-state index >= 15 is 0 Å². The molecule has 0 unspecified atom stereocenters. The molecule has 0 aliphatic heterocycles. The van der Waals surface area contributed by atoms with Crippen LogP contribution in [0.3, 0.4) is 0 Å². The van der Waals surface area contributed by atoms with E-state index in [1.165, 1.54) is 18.2 Å². The third-order valence-corrected chi connectivity index (χ3v) is 4.57. The van der Waals surface area contributed by atoms with Gasteiger partial charge in [0.25, 0.3) is 5.22 Å². The number of rotatable bonds is 6. The number of thioether (sulfide) groups is 1. The smallest absolute Gasteiger partial charge is 0.416 e. The summed E-state index contributed by atoms with van der Waals surface area (Å²) in [5, 5.41) is 8.38. The predicted octanol–water partition coefficient (Wildman–Crippen LogP) is 5.24. The van der Waals surface area contributed by atoms with E-state index < -0.39 is 24.3 Å². The van der Waals surface area contributed by atoms with Gasteiger partial charge in [0, 0.05) is 16.1 Å². The van der Waals surface area contributed by atoms with E-state index in [9.17, 15) is 18.0 Å². The first-order valence-electron chi connectivity index (χ1n) is 7.86. The minimum absolute atomic E-state index is 0.115. The molecule has 0 aliphatic rings. The molecule has 0 atom stereocenters. The number of esters is 1. The van der Waals surface area contributed by atoms with Crippen LogP contribution in [0.5, 0.6) is 0 Å². The number of benzene rings is 2. The van der Waals surface area contributed by atoms with Crippen LogP contribution in [0.25, 0.3) is 11.5 Å². The molecule has 0 amide bonds. The molecule has 146 valence electrons. The molecule has 0 saturated heterocycles. The van der Waals surface area contributed by atoms with Gasteiger partial charge in [-0.1, -0.05) is 41.6 Å². The van der Waals surface area contributed by atoms with Crippen molar-refractivity contribution in [3.8, 4) is 11.5 Å². The third-order valence-electron chi connectivity index (χ3n) is 3.52. The number of hydrogen-bond donors (Lipinski definition) is 0. The fourth-order valence-corrected chi connectivity index (χ4v) is 2.91. The van der Waals surface area contributed by atoms with Crippen LogP contribution < -0.4 is 0 Å². The van der Waals surface area contributed by atoms with Crippen LogP contribution in [0.2, 0.25) is 5.02 Å². The molecule has 0 radical (unpaired) electrons. The molecule has 2 aromatic carbocycles. The highest BCUT2D eigenvalue weighted by molar-refractivity contribution is 7.99. The average Bonchev–Trinajstić information content (AvgIpc) is 3.14. The Hall–Kier alpha value is -2.52. The minimum atomic E-state index is -4.51. The SMILES string of the molecule is O=C(CSc1nnc(-c2ccc(Cl)cc2)o1)OCc1ccccc1C(F)(F)F. The molecule has 5 nitrogen and oxygen atoms in total. The number of carbonyl (C=O) groups excluding carboxylic acids is 1. The lowest BCUT2D eigenvalue weighted by molar-refractivity contribution is -0.145. The maximum atomic E-state index is 12.9. The molecular formula is C18H12ClF3N2O3S. The quantitative estimate of drug-likeness (QED) is 0.395. The van der Waals surface area contributed by atoms with Gasteiger partial charge in [-0.2, -0.15) is 13.2 Å². The zero-order valence-electron chi connectivity index (χ0n) is 14.1. The van der Waals surface area contributed by atoms with Gasteiger partial charge >= 0.3 is 12.1 Å². The van der Waals surface area contributed by atoms with Gasteiger partial charge in [0.1, 0.15) is 12.4 Å². The Morgan fingerprint density at radius 2 is 1.82 bits per heavy atom. The Labute approximate surface area is 166 Å². The molecule has 1 heterocycles. The first kappa shape index (κ1) is 20.2. The summed E-state index contributed by atoms with van der Waals surface area (Å²) in [4.78, 5) is 11.8.